The SMILES string of the molecule is CCOC(CC)c1noc(CC(=O)OC)n1. The Kier molecular flexibility index (Phi) is 4.91. The van der Waals surface area contributed by atoms with E-state index in [0.29, 0.717) is 12.4 Å². The second-order valence-corrected chi connectivity index (χ2v) is 3.15. The van der Waals surface area contributed by atoms with Crippen LogP contribution in [-0.2, 0) is 20.7 Å². The van der Waals surface area contributed by atoms with Gasteiger partial charge in [-0.1, -0.05) is 12.1 Å². The number of hydrogen-bond donors (Lipinski definition) is 0. The van der Waals surface area contributed by atoms with E-state index in [2.05, 4.69) is 14.9 Å². The lowest BCUT2D eigenvalue weighted by Crippen LogP contribution is -2.07. The van der Waals surface area contributed by atoms with Gasteiger partial charge in [-0.3, -0.25) is 4.79 Å². The third kappa shape index (κ3) is 3.30. The first-order chi connectivity index (χ1) is 7.71. The lowest BCUT2D eigenvalue weighted by molar-refractivity contribution is -0.140. The van der Waals surface area contributed by atoms with Gasteiger partial charge < -0.3 is 14.0 Å². The highest BCUT2D eigenvalue weighted by Crippen LogP contribution is 2.17. The van der Waals surface area contributed by atoms with Crippen molar-refractivity contribution in [1.29, 1.82) is 0 Å². The van der Waals surface area contributed by atoms with Crippen LogP contribution in [0.2, 0.25) is 0 Å². The van der Waals surface area contributed by atoms with Gasteiger partial charge in [-0.2, -0.15) is 4.98 Å². The molecule has 0 amide bonds. The second kappa shape index (κ2) is 6.22. The molecule has 0 saturated carbocycles. The third-order valence-electron chi connectivity index (χ3n) is 2.03. The van der Waals surface area contributed by atoms with E-state index in [1.165, 1.54) is 7.11 Å². The van der Waals surface area contributed by atoms with Gasteiger partial charge in [0.05, 0.1) is 7.11 Å². The monoisotopic (exact) mass is 228 g/mol. The van der Waals surface area contributed by atoms with E-state index in [1.54, 1.807) is 0 Å². The molecule has 0 radical (unpaired) electrons. The average Bonchev–Trinajstić information content (AvgIpc) is 2.74. The van der Waals surface area contributed by atoms with Gasteiger partial charge in [-0.25, -0.2) is 0 Å². The molecule has 0 aliphatic heterocycles. The Labute approximate surface area is 93.9 Å². The summed E-state index contributed by atoms with van der Waals surface area (Å²) in [5.74, 6) is 0.322. The van der Waals surface area contributed by atoms with Gasteiger partial charge in [0.15, 0.2) is 0 Å². The quantitative estimate of drug-likeness (QED) is 0.682. The van der Waals surface area contributed by atoms with Crippen LogP contribution in [0.1, 0.15) is 38.1 Å². The van der Waals surface area contributed by atoms with Gasteiger partial charge in [0.2, 0.25) is 11.7 Å². The maximum Gasteiger partial charge on any atom is 0.315 e. The normalized spacial score (nSPS) is 12.4. The summed E-state index contributed by atoms with van der Waals surface area (Å²) in [5, 5.41) is 3.77. The number of ether oxygens (including phenoxy) is 2. The van der Waals surface area contributed by atoms with E-state index in [0.717, 1.165) is 6.42 Å². The molecule has 0 N–H and O–H groups in total. The van der Waals surface area contributed by atoms with Gasteiger partial charge in [0, 0.05) is 6.61 Å². The number of carbonyl (C=O) groups is 1. The molecule has 1 unspecified atom stereocenters. The van der Waals surface area contributed by atoms with Crippen LogP contribution in [0.15, 0.2) is 4.52 Å². The number of rotatable bonds is 6. The molecular formula is C10H16N2O4. The molecule has 1 aromatic rings. The third-order valence-corrected chi connectivity index (χ3v) is 2.03. The molecule has 0 saturated heterocycles. The summed E-state index contributed by atoms with van der Waals surface area (Å²) in [4.78, 5) is 15.1. The molecule has 1 aromatic heterocycles. The summed E-state index contributed by atoms with van der Waals surface area (Å²) in [7, 11) is 1.31. The van der Waals surface area contributed by atoms with E-state index >= 15 is 0 Å². The molecule has 1 atom stereocenters. The molecule has 16 heavy (non-hydrogen) atoms. The first-order valence-electron chi connectivity index (χ1n) is 5.22. The zero-order valence-electron chi connectivity index (χ0n) is 9.73. The first kappa shape index (κ1) is 12.6. The highest BCUT2D eigenvalue weighted by molar-refractivity contribution is 5.70. The zero-order chi connectivity index (χ0) is 12.0. The number of methoxy groups -OCH3 is 1. The maximum atomic E-state index is 11.0. The van der Waals surface area contributed by atoms with Crippen LogP contribution in [0.3, 0.4) is 0 Å². The largest absolute Gasteiger partial charge is 0.469 e. The number of carbonyl (C=O) groups excluding carboxylic acids is 1. The average molecular weight is 228 g/mol. The standard InChI is InChI=1S/C10H16N2O4/c1-4-7(15-5-2)10-11-8(16-12-10)6-9(13)14-3/h7H,4-6H2,1-3H3. The molecule has 0 fully saturated rings. The fourth-order valence-corrected chi connectivity index (χ4v) is 1.24. The van der Waals surface area contributed by atoms with Crippen LogP contribution in [0, 0.1) is 0 Å². The zero-order valence-corrected chi connectivity index (χ0v) is 9.73. The van der Waals surface area contributed by atoms with Crippen molar-refractivity contribution in [2.45, 2.75) is 32.8 Å². The van der Waals surface area contributed by atoms with Crippen LogP contribution in [-0.4, -0.2) is 29.8 Å². The van der Waals surface area contributed by atoms with E-state index in [4.69, 9.17) is 9.26 Å². The minimum absolute atomic E-state index is 0.00788. The first-order valence-corrected chi connectivity index (χ1v) is 5.22. The predicted molar refractivity (Wildman–Crippen MR) is 54.7 cm³/mol. The number of nitrogens with zero attached hydrogens (tertiary/aromatic N) is 2. The van der Waals surface area contributed by atoms with Crippen LogP contribution in [0.5, 0.6) is 0 Å². The van der Waals surface area contributed by atoms with Crippen molar-refractivity contribution in [3.8, 4) is 0 Å². The highest BCUT2D eigenvalue weighted by atomic mass is 16.5. The van der Waals surface area contributed by atoms with Crippen molar-refractivity contribution < 1.29 is 18.8 Å². The maximum absolute atomic E-state index is 11.0. The molecule has 0 aromatic carbocycles. The molecule has 6 nitrogen and oxygen atoms in total. The molecule has 1 rings (SSSR count). The molecule has 0 spiro atoms. The van der Waals surface area contributed by atoms with E-state index in [9.17, 15) is 4.79 Å². The van der Waals surface area contributed by atoms with Gasteiger partial charge in [-0.05, 0) is 13.3 Å². The number of hydrogen-bond acceptors (Lipinski definition) is 6. The van der Waals surface area contributed by atoms with Crippen molar-refractivity contribution in [1.82, 2.24) is 10.1 Å². The van der Waals surface area contributed by atoms with Gasteiger partial charge in [-0.15, -0.1) is 0 Å². The van der Waals surface area contributed by atoms with Gasteiger partial charge in [0.1, 0.15) is 12.5 Å². The molecule has 0 aliphatic rings. The van der Waals surface area contributed by atoms with Gasteiger partial charge in [0.25, 0.3) is 0 Å². The lowest BCUT2D eigenvalue weighted by Gasteiger charge is -2.09. The molecule has 90 valence electrons. The van der Waals surface area contributed by atoms with Crippen LogP contribution in [0.25, 0.3) is 0 Å². The Balaban J connectivity index is 2.65. The Bertz CT molecular complexity index is 337. The molecule has 0 aliphatic carbocycles. The van der Waals surface area contributed by atoms with Crippen LogP contribution >= 0.6 is 0 Å². The Morgan fingerprint density at radius 1 is 1.50 bits per heavy atom. The van der Waals surface area contributed by atoms with Crippen LogP contribution in [0.4, 0.5) is 0 Å². The number of esters is 1. The van der Waals surface area contributed by atoms with Crippen molar-refractivity contribution >= 4 is 5.97 Å². The predicted octanol–water partition coefficient (Wildman–Crippen LogP) is 1.27. The highest BCUT2D eigenvalue weighted by Gasteiger charge is 2.18. The topological polar surface area (TPSA) is 74.5 Å². The van der Waals surface area contributed by atoms with Crippen molar-refractivity contribution in [3.05, 3.63) is 11.7 Å². The molecule has 6 heteroatoms. The number of aromatic nitrogens is 2. The van der Waals surface area contributed by atoms with Crippen molar-refractivity contribution in [3.63, 3.8) is 0 Å². The summed E-state index contributed by atoms with van der Waals surface area (Å²) in [6.45, 7) is 4.45. The second-order valence-electron chi connectivity index (χ2n) is 3.15. The van der Waals surface area contributed by atoms with Crippen LogP contribution < -0.4 is 0 Å². The molecular weight excluding hydrogens is 212 g/mol. The van der Waals surface area contributed by atoms with Gasteiger partial charge >= 0.3 is 5.97 Å². The molecule has 1 heterocycles. The summed E-state index contributed by atoms with van der Waals surface area (Å²) in [5.41, 5.74) is 0. The lowest BCUT2D eigenvalue weighted by atomic mass is 10.2. The van der Waals surface area contributed by atoms with Crippen molar-refractivity contribution in [2.24, 2.45) is 0 Å². The fourth-order valence-electron chi connectivity index (χ4n) is 1.24. The van der Waals surface area contributed by atoms with E-state index < -0.39 is 5.97 Å². The summed E-state index contributed by atoms with van der Waals surface area (Å²) in [6.07, 6.45) is 0.567. The molecule has 0 bridgehead atoms. The minimum atomic E-state index is -0.403. The summed E-state index contributed by atoms with van der Waals surface area (Å²) < 4.78 is 14.8. The fraction of sp³-hybridized carbons (Fsp3) is 0.700. The van der Waals surface area contributed by atoms with E-state index in [1.807, 2.05) is 13.8 Å². The minimum Gasteiger partial charge on any atom is -0.469 e. The Morgan fingerprint density at radius 3 is 2.81 bits per heavy atom. The van der Waals surface area contributed by atoms with Crippen molar-refractivity contribution in [2.75, 3.05) is 13.7 Å². The Morgan fingerprint density at radius 2 is 2.25 bits per heavy atom. The Hall–Kier alpha value is -1.43. The summed E-state index contributed by atoms with van der Waals surface area (Å²) >= 11 is 0. The smallest absolute Gasteiger partial charge is 0.315 e. The summed E-state index contributed by atoms with van der Waals surface area (Å²) in [6, 6.07) is 0. The van der Waals surface area contributed by atoms with E-state index in [-0.39, 0.29) is 18.4 Å².